The standard InChI is InChI=1S/C25H54O9Si/c1-24(2)33-22-20-31-18-16-29-14-12-27-10-8-26-9-11-28-13-15-30-17-19-32-21-23-34-35(6,7)25(3,4)5/h24H,8-23H2,1-7H3. The summed E-state index contributed by atoms with van der Waals surface area (Å²) in [5, 5.41) is 0.226. The van der Waals surface area contributed by atoms with Gasteiger partial charge in [0.05, 0.1) is 112 Å². The molecule has 0 radical (unpaired) electrons. The van der Waals surface area contributed by atoms with Gasteiger partial charge >= 0.3 is 0 Å². The van der Waals surface area contributed by atoms with Crippen LogP contribution in [0.5, 0.6) is 0 Å². The Hall–Kier alpha value is -0.143. The molecule has 0 atom stereocenters. The highest BCUT2D eigenvalue weighted by Crippen LogP contribution is 2.36. The van der Waals surface area contributed by atoms with E-state index < -0.39 is 8.32 Å². The molecule has 9 nitrogen and oxygen atoms in total. The van der Waals surface area contributed by atoms with Crippen LogP contribution in [-0.2, 0) is 42.3 Å². The Morgan fingerprint density at radius 3 is 0.971 bits per heavy atom. The molecule has 0 aromatic carbocycles. The molecule has 0 N–H and O–H groups in total. The van der Waals surface area contributed by atoms with Gasteiger partial charge in [0.1, 0.15) is 0 Å². The van der Waals surface area contributed by atoms with Gasteiger partial charge in [-0.15, -0.1) is 0 Å². The largest absolute Gasteiger partial charge is 0.414 e. The SMILES string of the molecule is CC(C)OCCOCCOCCOCCOCCOCCOCCOCCO[Si](C)(C)C(C)(C)C. The summed E-state index contributed by atoms with van der Waals surface area (Å²) in [7, 11) is -1.68. The third-order valence-electron chi connectivity index (χ3n) is 5.41. The summed E-state index contributed by atoms with van der Waals surface area (Å²) < 4.78 is 49.8. The average Bonchev–Trinajstić information content (AvgIpc) is 2.78. The first-order valence-corrected chi connectivity index (χ1v) is 15.9. The fourth-order valence-electron chi connectivity index (χ4n) is 2.34. The number of ether oxygens (including phenoxy) is 8. The lowest BCUT2D eigenvalue weighted by Crippen LogP contribution is -2.41. The second-order valence-electron chi connectivity index (χ2n) is 9.81. The summed E-state index contributed by atoms with van der Waals surface area (Å²) >= 11 is 0. The first-order chi connectivity index (χ1) is 16.7. The van der Waals surface area contributed by atoms with Gasteiger partial charge in [-0.3, -0.25) is 0 Å². The van der Waals surface area contributed by atoms with Crippen LogP contribution in [0, 0.1) is 0 Å². The van der Waals surface area contributed by atoms with Crippen LogP contribution in [0.15, 0.2) is 0 Å². The zero-order chi connectivity index (χ0) is 26.3. The van der Waals surface area contributed by atoms with Crippen molar-refractivity contribution in [3.63, 3.8) is 0 Å². The van der Waals surface area contributed by atoms with Crippen LogP contribution >= 0.6 is 0 Å². The Balaban J connectivity index is 3.15. The van der Waals surface area contributed by atoms with Crippen LogP contribution in [0.25, 0.3) is 0 Å². The summed E-state index contributed by atoms with van der Waals surface area (Å²) in [5.74, 6) is 0. The number of hydrogen-bond acceptors (Lipinski definition) is 9. The summed E-state index contributed by atoms with van der Waals surface area (Å²) in [6.45, 7) is 24.2. The molecule has 0 aliphatic heterocycles. The van der Waals surface area contributed by atoms with Crippen LogP contribution in [0.4, 0.5) is 0 Å². The van der Waals surface area contributed by atoms with Gasteiger partial charge < -0.3 is 42.3 Å². The Labute approximate surface area is 215 Å². The van der Waals surface area contributed by atoms with Crippen molar-refractivity contribution in [3.05, 3.63) is 0 Å². The summed E-state index contributed by atoms with van der Waals surface area (Å²) in [6, 6.07) is 0. The molecule has 0 unspecified atom stereocenters. The Morgan fingerprint density at radius 2 is 0.714 bits per heavy atom. The van der Waals surface area contributed by atoms with E-state index in [0.717, 1.165) is 0 Å². The zero-order valence-electron chi connectivity index (χ0n) is 23.6. The van der Waals surface area contributed by atoms with Crippen molar-refractivity contribution in [1.29, 1.82) is 0 Å². The van der Waals surface area contributed by atoms with Gasteiger partial charge in [0, 0.05) is 0 Å². The molecule has 0 fully saturated rings. The molecule has 0 aromatic rings. The van der Waals surface area contributed by atoms with Crippen molar-refractivity contribution in [2.24, 2.45) is 0 Å². The molecule has 0 aromatic heterocycles. The molecule has 0 amide bonds. The normalized spacial score (nSPS) is 12.7. The molecular formula is C25H54O9Si. The van der Waals surface area contributed by atoms with E-state index in [9.17, 15) is 0 Å². The molecule has 212 valence electrons. The van der Waals surface area contributed by atoms with Gasteiger partial charge in [-0.25, -0.2) is 0 Å². The number of hydrogen-bond donors (Lipinski definition) is 0. The second-order valence-corrected chi connectivity index (χ2v) is 14.6. The van der Waals surface area contributed by atoms with E-state index in [-0.39, 0.29) is 11.1 Å². The minimum Gasteiger partial charge on any atom is -0.414 e. The third kappa shape index (κ3) is 24.0. The molecule has 35 heavy (non-hydrogen) atoms. The van der Waals surface area contributed by atoms with E-state index in [1.165, 1.54) is 0 Å². The lowest BCUT2D eigenvalue weighted by atomic mass is 10.2. The van der Waals surface area contributed by atoms with Gasteiger partial charge in [-0.05, 0) is 32.0 Å². The topological polar surface area (TPSA) is 83.1 Å². The van der Waals surface area contributed by atoms with E-state index in [1.807, 2.05) is 13.8 Å². The first kappa shape index (κ1) is 34.9. The highest BCUT2D eigenvalue weighted by Gasteiger charge is 2.36. The molecule has 0 bridgehead atoms. The monoisotopic (exact) mass is 526 g/mol. The van der Waals surface area contributed by atoms with Crippen molar-refractivity contribution >= 4 is 8.32 Å². The molecule has 0 rings (SSSR count). The third-order valence-corrected chi connectivity index (χ3v) is 9.95. The predicted molar refractivity (Wildman–Crippen MR) is 140 cm³/mol. The molecule has 0 saturated carbocycles. The maximum absolute atomic E-state index is 6.07. The molecule has 0 aliphatic rings. The number of rotatable bonds is 26. The quantitative estimate of drug-likeness (QED) is 0.124. The van der Waals surface area contributed by atoms with E-state index in [1.54, 1.807) is 0 Å². The maximum atomic E-state index is 6.07. The highest BCUT2D eigenvalue weighted by molar-refractivity contribution is 6.74. The molecule has 0 saturated heterocycles. The maximum Gasteiger partial charge on any atom is 0.192 e. The van der Waals surface area contributed by atoms with Crippen LogP contribution in [-0.4, -0.2) is 120 Å². The van der Waals surface area contributed by atoms with Gasteiger partial charge in [0.25, 0.3) is 0 Å². The molecule has 10 heteroatoms. The van der Waals surface area contributed by atoms with Crippen LogP contribution in [0.3, 0.4) is 0 Å². The van der Waals surface area contributed by atoms with Gasteiger partial charge in [-0.1, -0.05) is 20.8 Å². The van der Waals surface area contributed by atoms with Crippen molar-refractivity contribution in [3.8, 4) is 0 Å². The highest BCUT2D eigenvalue weighted by atomic mass is 28.4. The second kappa shape index (κ2) is 23.0. The zero-order valence-corrected chi connectivity index (χ0v) is 24.6. The van der Waals surface area contributed by atoms with E-state index in [4.69, 9.17) is 42.3 Å². The van der Waals surface area contributed by atoms with E-state index in [2.05, 4.69) is 33.9 Å². The van der Waals surface area contributed by atoms with Gasteiger partial charge in [0.2, 0.25) is 0 Å². The van der Waals surface area contributed by atoms with Crippen molar-refractivity contribution < 1.29 is 42.3 Å². The van der Waals surface area contributed by atoms with Crippen LogP contribution < -0.4 is 0 Å². The fraction of sp³-hybridized carbons (Fsp3) is 1.00. The Kier molecular flexibility index (Phi) is 22.9. The van der Waals surface area contributed by atoms with Crippen molar-refractivity contribution in [2.45, 2.75) is 58.9 Å². The molecule has 0 heterocycles. The van der Waals surface area contributed by atoms with Crippen LogP contribution in [0.2, 0.25) is 18.1 Å². The molecular weight excluding hydrogens is 472 g/mol. The smallest absolute Gasteiger partial charge is 0.192 e. The first-order valence-electron chi connectivity index (χ1n) is 13.0. The lowest BCUT2D eigenvalue weighted by molar-refractivity contribution is -0.0259. The molecule has 0 spiro atoms. The minimum atomic E-state index is -1.68. The Morgan fingerprint density at radius 1 is 0.457 bits per heavy atom. The van der Waals surface area contributed by atoms with Gasteiger partial charge in [0.15, 0.2) is 8.32 Å². The van der Waals surface area contributed by atoms with E-state index in [0.29, 0.717) is 106 Å². The summed E-state index contributed by atoms with van der Waals surface area (Å²) in [6.07, 6.45) is 0.239. The summed E-state index contributed by atoms with van der Waals surface area (Å²) in [4.78, 5) is 0. The summed E-state index contributed by atoms with van der Waals surface area (Å²) in [5.41, 5.74) is 0. The lowest BCUT2D eigenvalue weighted by Gasteiger charge is -2.36. The average molecular weight is 527 g/mol. The van der Waals surface area contributed by atoms with E-state index >= 15 is 0 Å². The van der Waals surface area contributed by atoms with Crippen molar-refractivity contribution in [2.75, 3.05) is 106 Å². The van der Waals surface area contributed by atoms with Gasteiger partial charge in [-0.2, -0.15) is 0 Å². The van der Waals surface area contributed by atoms with Crippen LogP contribution in [0.1, 0.15) is 34.6 Å². The fourth-order valence-corrected chi connectivity index (χ4v) is 3.36. The minimum absolute atomic E-state index is 0.226. The molecule has 0 aliphatic carbocycles. The van der Waals surface area contributed by atoms with Crippen molar-refractivity contribution in [1.82, 2.24) is 0 Å². The Bertz CT molecular complexity index is 445. The predicted octanol–water partition coefficient (Wildman–Crippen LogP) is 3.55.